The first-order chi connectivity index (χ1) is 24.5. The number of allylic oxidation sites excluding steroid dienone is 7. The zero-order chi connectivity index (χ0) is 37.8. The maximum Gasteiger partial charge on any atom is 0.469 e. The van der Waals surface area contributed by atoms with Crippen LogP contribution in [0.3, 0.4) is 0 Å². The Morgan fingerprint density at radius 3 is 1.65 bits per heavy atom. The molecule has 0 bridgehead atoms. The monoisotopic (exact) mass is 740 g/mol. The van der Waals surface area contributed by atoms with Gasteiger partial charge in [0.15, 0.2) is 6.10 Å². The molecule has 0 aliphatic carbocycles. The zero-order valence-electron chi connectivity index (χ0n) is 32.3. The molecule has 0 spiro atoms. The summed E-state index contributed by atoms with van der Waals surface area (Å²) in [7, 11) is -4.77. The summed E-state index contributed by atoms with van der Waals surface area (Å²) in [6.45, 7) is 5.75. The third-order valence-electron chi connectivity index (χ3n) is 8.33. The van der Waals surface area contributed by atoms with Crippen LogP contribution in [-0.2, 0) is 28.2 Å². The van der Waals surface area contributed by atoms with Crippen LogP contribution in [0.15, 0.2) is 48.6 Å². The molecule has 0 aliphatic heterocycles. The van der Waals surface area contributed by atoms with E-state index in [1.807, 2.05) is 18.2 Å². The molecular formula is C41H73O9P. The fourth-order valence-electron chi connectivity index (χ4n) is 5.39. The van der Waals surface area contributed by atoms with Gasteiger partial charge in [-0.3, -0.25) is 14.1 Å². The van der Waals surface area contributed by atoms with Crippen molar-refractivity contribution in [3.63, 3.8) is 0 Å². The smallest absolute Gasteiger partial charge is 0.462 e. The van der Waals surface area contributed by atoms with Crippen LogP contribution in [0.2, 0.25) is 0 Å². The number of hydrogen-bond acceptors (Lipinski definition) is 7. The molecule has 0 heterocycles. The van der Waals surface area contributed by atoms with E-state index in [9.17, 15) is 19.3 Å². The molecule has 9 nitrogen and oxygen atoms in total. The Bertz CT molecular complexity index is 999. The number of phosphoric acid groups is 1. The predicted octanol–water partition coefficient (Wildman–Crippen LogP) is 10.8. The first-order valence-corrected chi connectivity index (χ1v) is 21.4. The molecule has 10 heteroatoms. The molecule has 0 aromatic carbocycles. The van der Waals surface area contributed by atoms with Crippen LogP contribution in [0.1, 0.15) is 168 Å². The molecule has 0 aliphatic rings. The van der Waals surface area contributed by atoms with E-state index in [4.69, 9.17) is 19.3 Å². The lowest BCUT2D eigenvalue weighted by atomic mass is 10.0. The number of esters is 2. The second-order valence-electron chi connectivity index (χ2n) is 13.9. The van der Waals surface area contributed by atoms with Gasteiger partial charge in [0, 0.05) is 12.8 Å². The Labute approximate surface area is 310 Å². The molecule has 0 aromatic heterocycles. The Hall–Kier alpha value is -2.03. The van der Waals surface area contributed by atoms with E-state index in [2.05, 4.69) is 55.7 Å². The van der Waals surface area contributed by atoms with Crippen LogP contribution in [0, 0.1) is 5.92 Å². The van der Waals surface area contributed by atoms with E-state index in [1.165, 1.54) is 57.8 Å². The topological polar surface area (TPSA) is 140 Å². The van der Waals surface area contributed by atoms with E-state index in [1.54, 1.807) is 0 Å². The molecule has 0 saturated carbocycles. The number of ether oxygens (including phenoxy) is 2. The minimum absolute atomic E-state index is 0.176. The van der Waals surface area contributed by atoms with Crippen LogP contribution in [0.5, 0.6) is 0 Å². The second-order valence-corrected chi connectivity index (χ2v) is 15.2. The minimum atomic E-state index is -4.77. The largest absolute Gasteiger partial charge is 0.469 e. The average molecular weight is 741 g/mol. The summed E-state index contributed by atoms with van der Waals surface area (Å²) < 4.78 is 26.3. The summed E-state index contributed by atoms with van der Waals surface area (Å²) in [6, 6.07) is 0. The molecule has 0 saturated heterocycles. The zero-order valence-corrected chi connectivity index (χ0v) is 33.2. The SMILES string of the molecule is CCCC(O)C/C=C\C/C=C\C/C=C\C/C=C\CCCC(=O)OC[C@H](COP(=O)(O)O)OC(=O)CCCCCCCCCCCCCCC(C)C. The molecule has 51 heavy (non-hydrogen) atoms. The summed E-state index contributed by atoms with van der Waals surface area (Å²) in [5.74, 6) is -0.161. The molecule has 0 aromatic rings. The summed E-state index contributed by atoms with van der Waals surface area (Å²) in [5.41, 5.74) is 0. The molecule has 0 rings (SSSR count). The molecular weight excluding hydrogens is 667 g/mol. The lowest BCUT2D eigenvalue weighted by Crippen LogP contribution is -2.29. The van der Waals surface area contributed by atoms with E-state index < -0.39 is 32.5 Å². The third kappa shape index (κ3) is 39.0. The van der Waals surface area contributed by atoms with Crippen LogP contribution in [0.25, 0.3) is 0 Å². The van der Waals surface area contributed by atoms with E-state index >= 15 is 0 Å². The Kier molecular flexibility index (Phi) is 33.6. The number of aliphatic hydroxyl groups excluding tert-OH is 1. The van der Waals surface area contributed by atoms with E-state index in [0.29, 0.717) is 25.7 Å². The molecule has 0 fully saturated rings. The van der Waals surface area contributed by atoms with Gasteiger partial charge in [-0.05, 0) is 57.3 Å². The van der Waals surface area contributed by atoms with Gasteiger partial charge in [-0.2, -0.15) is 0 Å². The molecule has 2 atom stereocenters. The van der Waals surface area contributed by atoms with Crippen molar-refractivity contribution in [3.8, 4) is 0 Å². The van der Waals surface area contributed by atoms with Crippen molar-refractivity contribution >= 4 is 19.8 Å². The number of rotatable bonds is 35. The van der Waals surface area contributed by atoms with Gasteiger partial charge < -0.3 is 24.4 Å². The highest BCUT2D eigenvalue weighted by Crippen LogP contribution is 2.36. The van der Waals surface area contributed by atoms with Crippen molar-refractivity contribution in [2.45, 2.75) is 181 Å². The molecule has 296 valence electrons. The van der Waals surface area contributed by atoms with Crippen LogP contribution in [0.4, 0.5) is 0 Å². The predicted molar refractivity (Wildman–Crippen MR) is 208 cm³/mol. The van der Waals surface area contributed by atoms with Gasteiger partial charge in [-0.25, -0.2) is 4.57 Å². The Morgan fingerprint density at radius 1 is 0.627 bits per heavy atom. The van der Waals surface area contributed by atoms with Crippen LogP contribution < -0.4 is 0 Å². The normalized spacial score (nSPS) is 13.7. The highest BCUT2D eigenvalue weighted by atomic mass is 31.2. The molecule has 0 radical (unpaired) electrons. The molecule has 1 unspecified atom stereocenters. The van der Waals surface area contributed by atoms with Gasteiger partial charge in [-0.15, -0.1) is 0 Å². The van der Waals surface area contributed by atoms with Crippen molar-refractivity contribution in [1.82, 2.24) is 0 Å². The molecule has 0 amide bonds. The van der Waals surface area contributed by atoms with Crippen molar-refractivity contribution in [1.29, 1.82) is 0 Å². The van der Waals surface area contributed by atoms with Crippen molar-refractivity contribution in [2.75, 3.05) is 13.2 Å². The Balaban J connectivity index is 4.06. The summed E-state index contributed by atoms with van der Waals surface area (Å²) in [4.78, 5) is 42.7. The fraction of sp³-hybridized carbons (Fsp3) is 0.756. The van der Waals surface area contributed by atoms with Gasteiger partial charge >= 0.3 is 19.8 Å². The van der Waals surface area contributed by atoms with E-state index in [0.717, 1.165) is 57.3 Å². The van der Waals surface area contributed by atoms with Gasteiger partial charge in [0.2, 0.25) is 0 Å². The number of hydrogen-bond donors (Lipinski definition) is 3. The summed E-state index contributed by atoms with van der Waals surface area (Å²) >= 11 is 0. The summed E-state index contributed by atoms with van der Waals surface area (Å²) in [6.07, 6.45) is 37.6. The molecule has 3 N–H and O–H groups in total. The second kappa shape index (κ2) is 35.0. The fourth-order valence-corrected chi connectivity index (χ4v) is 5.75. The van der Waals surface area contributed by atoms with Crippen molar-refractivity contribution in [2.24, 2.45) is 5.92 Å². The van der Waals surface area contributed by atoms with Crippen LogP contribution >= 0.6 is 7.82 Å². The lowest BCUT2D eigenvalue weighted by molar-refractivity contribution is -0.161. The van der Waals surface area contributed by atoms with Crippen LogP contribution in [-0.4, -0.2) is 52.3 Å². The van der Waals surface area contributed by atoms with Gasteiger partial charge in [0.1, 0.15) is 6.61 Å². The first kappa shape index (κ1) is 49.0. The maximum absolute atomic E-state index is 12.4. The van der Waals surface area contributed by atoms with Crippen molar-refractivity contribution in [3.05, 3.63) is 48.6 Å². The standard InChI is InChI=1S/C41H73O9P/c1-4-30-38(42)32-27-23-19-15-11-6-5-7-12-16-20-24-28-33-40(43)48-35-39(36-49-51(45,46)47)50-41(44)34-29-25-21-17-13-9-8-10-14-18-22-26-31-37(2)3/h5,7,11,15-16,20,23,27,37-39,42H,4,6,8-10,12-14,17-19,21-22,24-26,28-36H2,1-3H3,(H2,45,46,47)/b7-5-,15-11-,20-16-,27-23-/t38?,39-/m1/s1. The van der Waals surface area contributed by atoms with Crippen molar-refractivity contribution < 1.29 is 43.0 Å². The number of carbonyl (C=O) groups excluding carboxylic acids is 2. The number of phosphoric ester groups is 1. The highest BCUT2D eigenvalue weighted by Gasteiger charge is 2.22. The number of unbranched alkanes of at least 4 members (excludes halogenated alkanes) is 12. The Morgan fingerprint density at radius 2 is 1.12 bits per heavy atom. The number of aliphatic hydroxyl groups is 1. The van der Waals surface area contributed by atoms with E-state index in [-0.39, 0.29) is 25.6 Å². The lowest BCUT2D eigenvalue weighted by Gasteiger charge is -2.18. The summed E-state index contributed by atoms with van der Waals surface area (Å²) in [5, 5.41) is 9.70. The maximum atomic E-state index is 12.4. The minimum Gasteiger partial charge on any atom is -0.462 e. The number of carbonyl (C=O) groups is 2. The quantitative estimate of drug-likeness (QED) is 0.0251. The van der Waals surface area contributed by atoms with Gasteiger partial charge in [0.25, 0.3) is 0 Å². The average Bonchev–Trinajstić information content (AvgIpc) is 3.07. The highest BCUT2D eigenvalue weighted by molar-refractivity contribution is 7.46. The van der Waals surface area contributed by atoms with Gasteiger partial charge in [0.05, 0.1) is 12.7 Å². The van der Waals surface area contributed by atoms with Gasteiger partial charge in [-0.1, -0.05) is 153 Å². The first-order valence-electron chi connectivity index (χ1n) is 19.9. The third-order valence-corrected chi connectivity index (χ3v) is 8.82.